The molecule has 0 aliphatic carbocycles. The largest absolute Gasteiger partial charge is 0.374 e. The number of hydrogen-bond acceptors (Lipinski definition) is 5. The van der Waals surface area contributed by atoms with Gasteiger partial charge in [-0.25, -0.2) is 8.42 Å². The lowest BCUT2D eigenvalue weighted by molar-refractivity contribution is -0.0119. The van der Waals surface area contributed by atoms with Crippen molar-refractivity contribution in [2.24, 2.45) is 5.73 Å². The van der Waals surface area contributed by atoms with Crippen LogP contribution in [0.25, 0.3) is 0 Å². The second-order valence-corrected chi connectivity index (χ2v) is 5.51. The van der Waals surface area contributed by atoms with Gasteiger partial charge in [0, 0.05) is 19.1 Å². The number of nitrogens with two attached hydrogens (primary N) is 1. The summed E-state index contributed by atoms with van der Waals surface area (Å²) in [6.07, 6.45) is -0.285. The molecular weight excluding hydrogens is 218 g/mol. The molecule has 6 nitrogen and oxygen atoms in total. The summed E-state index contributed by atoms with van der Waals surface area (Å²) in [5.74, 6) is -0.487. The molecule has 1 saturated heterocycles. The molecule has 0 bridgehead atoms. The quantitative estimate of drug-likeness (QED) is 0.666. The Labute approximate surface area is 89.7 Å². The van der Waals surface area contributed by atoms with Crippen molar-refractivity contribution >= 4 is 10.0 Å². The highest BCUT2D eigenvalue weighted by atomic mass is 32.2. The molecule has 7 heteroatoms. The average molecular weight is 233 g/mol. The summed E-state index contributed by atoms with van der Waals surface area (Å²) in [5, 5.41) is 8.40. The van der Waals surface area contributed by atoms with E-state index in [1.165, 1.54) is 4.31 Å². The van der Waals surface area contributed by atoms with Gasteiger partial charge >= 0.3 is 0 Å². The molecule has 15 heavy (non-hydrogen) atoms. The normalized spacial score (nSPS) is 25.8. The van der Waals surface area contributed by atoms with Crippen molar-refractivity contribution in [3.8, 4) is 6.07 Å². The number of nitrogens with zero attached hydrogens (tertiary/aromatic N) is 2. The van der Waals surface area contributed by atoms with Crippen LogP contribution in [0.3, 0.4) is 0 Å². The molecule has 0 aromatic carbocycles. The van der Waals surface area contributed by atoms with Crippen LogP contribution in [0.15, 0.2) is 0 Å². The van der Waals surface area contributed by atoms with Gasteiger partial charge in [-0.05, 0) is 6.92 Å². The molecule has 1 aliphatic heterocycles. The number of ether oxygens (including phenoxy) is 1. The summed E-state index contributed by atoms with van der Waals surface area (Å²) in [4.78, 5) is 0. The Morgan fingerprint density at radius 2 is 2.40 bits per heavy atom. The zero-order valence-electron chi connectivity index (χ0n) is 8.59. The molecule has 2 N–H and O–H groups in total. The van der Waals surface area contributed by atoms with E-state index >= 15 is 0 Å². The SMILES string of the molecule is CC(N)C1CN(S(=O)(=O)CC#N)CCO1. The van der Waals surface area contributed by atoms with E-state index in [0.29, 0.717) is 13.2 Å². The van der Waals surface area contributed by atoms with Crippen molar-refractivity contribution in [3.63, 3.8) is 0 Å². The second kappa shape index (κ2) is 4.90. The fourth-order valence-corrected chi connectivity index (χ4v) is 2.47. The molecule has 86 valence electrons. The van der Waals surface area contributed by atoms with Gasteiger partial charge in [-0.15, -0.1) is 0 Å². The summed E-state index contributed by atoms with van der Waals surface area (Å²) >= 11 is 0. The van der Waals surface area contributed by atoms with E-state index in [4.69, 9.17) is 15.7 Å². The lowest BCUT2D eigenvalue weighted by atomic mass is 10.2. The van der Waals surface area contributed by atoms with E-state index in [1.807, 2.05) is 0 Å². The minimum Gasteiger partial charge on any atom is -0.374 e. The third-order valence-electron chi connectivity index (χ3n) is 2.28. The maximum Gasteiger partial charge on any atom is 0.227 e. The first-order valence-corrected chi connectivity index (χ1v) is 6.30. The Hall–Kier alpha value is -0.680. The average Bonchev–Trinajstić information content (AvgIpc) is 2.18. The van der Waals surface area contributed by atoms with Crippen molar-refractivity contribution in [2.45, 2.75) is 19.1 Å². The minimum atomic E-state index is -3.46. The minimum absolute atomic E-state index is 0.218. The topological polar surface area (TPSA) is 96.4 Å². The van der Waals surface area contributed by atoms with Gasteiger partial charge in [0.2, 0.25) is 10.0 Å². The predicted octanol–water partition coefficient (Wildman–Crippen LogP) is -1.11. The monoisotopic (exact) mass is 233 g/mol. The van der Waals surface area contributed by atoms with Crippen LogP contribution in [0.2, 0.25) is 0 Å². The van der Waals surface area contributed by atoms with Gasteiger partial charge in [0.25, 0.3) is 0 Å². The van der Waals surface area contributed by atoms with Gasteiger partial charge in [0.1, 0.15) is 0 Å². The number of sulfonamides is 1. The van der Waals surface area contributed by atoms with Gasteiger partial charge in [-0.1, -0.05) is 0 Å². The van der Waals surface area contributed by atoms with E-state index in [2.05, 4.69) is 0 Å². The Morgan fingerprint density at radius 1 is 1.73 bits per heavy atom. The number of hydrogen-bond donors (Lipinski definition) is 1. The van der Waals surface area contributed by atoms with Gasteiger partial charge in [-0.3, -0.25) is 0 Å². The van der Waals surface area contributed by atoms with Crippen LogP contribution in [0.4, 0.5) is 0 Å². The van der Waals surface area contributed by atoms with Crippen molar-refractivity contribution in [3.05, 3.63) is 0 Å². The highest BCUT2D eigenvalue weighted by molar-refractivity contribution is 7.89. The smallest absolute Gasteiger partial charge is 0.227 e. The molecule has 0 aromatic rings. The zero-order chi connectivity index (χ0) is 11.5. The van der Waals surface area contributed by atoms with Crippen molar-refractivity contribution in [1.29, 1.82) is 5.26 Å². The summed E-state index contributed by atoms with van der Waals surface area (Å²) in [5.41, 5.74) is 5.64. The van der Waals surface area contributed by atoms with E-state index in [9.17, 15) is 8.42 Å². The number of rotatable bonds is 3. The Balaban J connectivity index is 2.69. The zero-order valence-corrected chi connectivity index (χ0v) is 9.40. The lowest BCUT2D eigenvalue weighted by Crippen LogP contribution is -2.51. The fourth-order valence-electron chi connectivity index (χ4n) is 1.39. The lowest BCUT2D eigenvalue weighted by Gasteiger charge is -2.33. The molecule has 1 heterocycles. The van der Waals surface area contributed by atoms with Crippen LogP contribution in [0, 0.1) is 11.3 Å². The molecule has 1 rings (SSSR count). The predicted molar refractivity (Wildman–Crippen MR) is 54.4 cm³/mol. The first-order valence-electron chi connectivity index (χ1n) is 4.69. The van der Waals surface area contributed by atoms with Crippen LogP contribution < -0.4 is 5.73 Å². The summed E-state index contributed by atoms with van der Waals surface area (Å²) in [6, 6.07) is 1.43. The first-order chi connectivity index (χ1) is 6.97. The maximum absolute atomic E-state index is 11.6. The molecule has 1 aliphatic rings. The molecule has 0 amide bonds. The molecule has 0 radical (unpaired) electrons. The van der Waals surface area contributed by atoms with Crippen LogP contribution in [0.5, 0.6) is 0 Å². The van der Waals surface area contributed by atoms with Crippen LogP contribution >= 0.6 is 0 Å². The Morgan fingerprint density at radius 3 is 2.93 bits per heavy atom. The first kappa shape index (κ1) is 12.4. The summed E-state index contributed by atoms with van der Waals surface area (Å²) in [7, 11) is -3.46. The molecule has 0 saturated carbocycles. The molecule has 1 fully saturated rings. The van der Waals surface area contributed by atoms with Gasteiger partial charge < -0.3 is 10.5 Å². The maximum atomic E-state index is 11.6. The highest BCUT2D eigenvalue weighted by Crippen LogP contribution is 2.11. The van der Waals surface area contributed by atoms with Crippen LogP contribution in [-0.2, 0) is 14.8 Å². The van der Waals surface area contributed by atoms with E-state index in [1.54, 1.807) is 13.0 Å². The van der Waals surface area contributed by atoms with E-state index < -0.39 is 15.8 Å². The van der Waals surface area contributed by atoms with Crippen molar-refractivity contribution < 1.29 is 13.2 Å². The van der Waals surface area contributed by atoms with Gasteiger partial charge in [0.05, 0.1) is 18.8 Å². The van der Waals surface area contributed by atoms with Crippen LogP contribution in [0.1, 0.15) is 6.92 Å². The van der Waals surface area contributed by atoms with Crippen molar-refractivity contribution in [1.82, 2.24) is 4.31 Å². The number of nitriles is 1. The van der Waals surface area contributed by atoms with Gasteiger partial charge in [0.15, 0.2) is 5.75 Å². The van der Waals surface area contributed by atoms with Gasteiger partial charge in [-0.2, -0.15) is 9.57 Å². The highest BCUT2D eigenvalue weighted by Gasteiger charge is 2.30. The molecule has 2 atom stereocenters. The molecule has 0 aromatic heterocycles. The third-order valence-corrected chi connectivity index (χ3v) is 3.90. The molecule has 2 unspecified atom stereocenters. The number of morpholine rings is 1. The standard InChI is InChI=1S/C8H15N3O3S/c1-7(10)8-6-11(3-4-14-8)15(12,13)5-2-9/h7-8H,3-6,10H2,1H3. The summed E-state index contributed by atoms with van der Waals surface area (Å²) < 4.78 is 29.7. The van der Waals surface area contributed by atoms with Crippen molar-refractivity contribution in [2.75, 3.05) is 25.4 Å². The fraction of sp³-hybridized carbons (Fsp3) is 0.875. The van der Waals surface area contributed by atoms with Crippen LogP contribution in [-0.4, -0.2) is 50.3 Å². The second-order valence-electron chi connectivity index (χ2n) is 3.54. The molecule has 0 spiro atoms. The Kier molecular flexibility index (Phi) is 4.04. The van der Waals surface area contributed by atoms with E-state index in [-0.39, 0.29) is 18.7 Å². The Bertz CT molecular complexity index is 347. The summed E-state index contributed by atoms with van der Waals surface area (Å²) in [6.45, 7) is 2.64. The van der Waals surface area contributed by atoms with E-state index in [0.717, 1.165) is 0 Å². The third kappa shape index (κ3) is 3.14. The molecular formula is C8H15N3O3S.